The molecular formula is C24H16N4O2S2. The quantitative estimate of drug-likeness (QED) is 0.351. The fourth-order valence-electron chi connectivity index (χ4n) is 3.96. The van der Waals surface area contributed by atoms with Gasteiger partial charge in [0.2, 0.25) is 0 Å². The SMILES string of the molecule is O=S(=O)(Nc1cc(-c2cc3ccccc3s2)c2[nH]ncc2c1)c1cccc2cnccc12. The number of benzene rings is 3. The summed E-state index contributed by atoms with van der Waals surface area (Å²) in [6.45, 7) is 0. The molecule has 6 rings (SSSR count). The number of rotatable bonds is 4. The van der Waals surface area contributed by atoms with Crippen LogP contribution in [0.1, 0.15) is 0 Å². The van der Waals surface area contributed by atoms with Crippen molar-refractivity contribution < 1.29 is 8.42 Å². The maximum atomic E-state index is 13.3. The van der Waals surface area contributed by atoms with Crippen LogP contribution >= 0.6 is 11.3 Å². The Kier molecular flexibility index (Phi) is 4.24. The van der Waals surface area contributed by atoms with E-state index in [4.69, 9.17) is 0 Å². The smallest absolute Gasteiger partial charge is 0.262 e. The standard InChI is InChI=1S/C24H16N4O2S2/c29-32(30,23-7-3-5-16-13-25-9-8-19(16)23)28-18-10-17-14-26-27-24(17)20(12-18)22-11-15-4-1-2-6-21(15)31-22/h1-14,28H,(H,26,27). The van der Waals surface area contributed by atoms with Gasteiger partial charge in [-0.25, -0.2) is 8.42 Å². The van der Waals surface area contributed by atoms with E-state index in [-0.39, 0.29) is 4.90 Å². The molecule has 0 saturated heterocycles. The van der Waals surface area contributed by atoms with Crippen molar-refractivity contribution in [2.24, 2.45) is 0 Å². The lowest BCUT2D eigenvalue weighted by molar-refractivity contribution is 0.602. The molecule has 3 aromatic carbocycles. The number of hydrogen-bond acceptors (Lipinski definition) is 5. The number of nitrogens with zero attached hydrogens (tertiary/aromatic N) is 2. The predicted octanol–water partition coefficient (Wildman–Crippen LogP) is 5.79. The van der Waals surface area contributed by atoms with E-state index < -0.39 is 10.0 Å². The lowest BCUT2D eigenvalue weighted by Crippen LogP contribution is -2.13. The fourth-order valence-corrected chi connectivity index (χ4v) is 6.32. The van der Waals surface area contributed by atoms with Crippen LogP contribution in [0.2, 0.25) is 0 Å². The van der Waals surface area contributed by atoms with E-state index >= 15 is 0 Å². The zero-order chi connectivity index (χ0) is 21.7. The molecule has 3 heterocycles. The Morgan fingerprint density at radius 1 is 0.875 bits per heavy atom. The molecule has 0 saturated carbocycles. The first-order valence-electron chi connectivity index (χ1n) is 9.90. The summed E-state index contributed by atoms with van der Waals surface area (Å²) in [5.74, 6) is 0. The molecule has 0 amide bonds. The molecule has 2 N–H and O–H groups in total. The van der Waals surface area contributed by atoms with Crippen LogP contribution < -0.4 is 4.72 Å². The highest BCUT2D eigenvalue weighted by Crippen LogP contribution is 2.38. The second-order valence-electron chi connectivity index (χ2n) is 7.46. The van der Waals surface area contributed by atoms with E-state index in [9.17, 15) is 8.42 Å². The van der Waals surface area contributed by atoms with Gasteiger partial charge in [-0.15, -0.1) is 11.3 Å². The second-order valence-corrected chi connectivity index (χ2v) is 10.2. The van der Waals surface area contributed by atoms with Crippen molar-refractivity contribution in [2.75, 3.05) is 4.72 Å². The first-order valence-corrected chi connectivity index (χ1v) is 12.2. The van der Waals surface area contributed by atoms with Crippen molar-refractivity contribution in [1.82, 2.24) is 15.2 Å². The topological polar surface area (TPSA) is 87.7 Å². The van der Waals surface area contributed by atoms with Gasteiger partial charge >= 0.3 is 0 Å². The summed E-state index contributed by atoms with van der Waals surface area (Å²) in [4.78, 5) is 5.34. The van der Waals surface area contributed by atoms with Crippen molar-refractivity contribution in [3.05, 3.63) is 85.3 Å². The lowest BCUT2D eigenvalue weighted by Gasteiger charge is -2.12. The van der Waals surface area contributed by atoms with Crippen LogP contribution in [0.5, 0.6) is 0 Å². The molecule has 0 atom stereocenters. The third kappa shape index (κ3) is 3.12. The van der Waals surface area contributed by atoms with Gasteiger partial charge in [0.05, 0.1) is 22.3 Å². The fraction of sp³-hybridized carbons (Fsp3) is 0. The van der Waals surface area contributed by atoms with Crippen LogP contribution in [-0.2, 0) is 10.0 Å². The molecule has 0 unspecified atom stereocenters. The van der Waals surface area contributed by atoms with Gasteiger partial charge in [-0.2, -0.15) is 5.10 Å². The van der Waals surface area contributed by atoms with Gasteiger partial charge in [-0.1, -0.05) is 30.3 Å². The van der Waals surface area contributed by atoms with Gasteiger partial charge in [0.15, 0.2) is 0 Å². The van der Waals surface area contributed by atoms with Crippen molar-refractivity contribution in [3.63, 3.8) is 0 Å². The molecule has 0 fully saturated rings. The highest BCUT2D eigenvalue weighted by Gasteiger charge is 2.19. The van der Waals surface area contributed by atoms with Crippen molar-refractivity contribution >= 4 is 58.8 Å². The number of H-pyrrole nitrogens is 1. The molecular weight excluding hydrogens is 440 g/mol. The Balaban J connectivity index is 1.48. The van der Waals surface area contributed by atoms with Gasteiger partial charge in [0.1, 0.15) is 0 Å². The van der Waals surface area contributed by atoms with E-state index in [2.05, 4.69) is 38.1 Å². The van der Waals surface area contributed by atoms with E-state index in [0.717, 1.165) is 32.1 Å². The highest BCUT2D eigenvalue weighted by atomic mass is 32.2. The van der Waals surface area contributed by atoms with Gasteiger partial charge < -0.3 is 0 Å². The summed E-state index contributed by atoms with van der Waals surface area (Å²) in [6.07, 6.45) is 4.96. The van der Waals surface area contributed by atoms with Crippen molar-refractivity contribution in [2.45, 2.75) is 4.90 Å². The Morgan fingerprint density at radius 3 is 2.66 bits per heavy atom. The maximum absolute atomic E-state index is 13.3. The number of nitrogens with one attached hydrogen (secondary N) is 2. The molecule has 0 aliphatic heterocycles. The van der Waals surface area contributed by atoms with Gasteiger partial charge in [-0.05, 0) is 41.8 Å². The summed E-state index contributed by atoms with van der Waals surface area (Å²) in [5, 5.41) is 10.6. The normalized spacial score (nSPS) is 12.0. The summed E-state index contributed by atoms with van der Waals surface area (Å²) in [6, 6.07) is 20.8. The minimum atomic E-state index is -3.82. The minimum Gasteiger partial charge on any atom is -0.280 e. The minimum absolute atomic E-state index is 0.216. The molecule has 6 aromatic rings. The number of anilines is 1. The third-order valence-electron chi connectivity index (χ3n) is 5.42. The molecule has 0 aliphatic carbocycles. The molecule has 156 valence electrons. The first kappa shape index (κ1) is 19.0. The second kappa shape index (κ2) is 7.15. The highest BCUT2D eigenvalue weighted by molar-refractivity contribution is 7.93. The Hall–Kier alpha value is -3.75. The average Bonchev–Trinajstić information content (AvgIpc) is 3.44. The van der Waals surface area contributed by atoms with E-state index in [1.807, 2.05) is 24.3 Å². The van der Waals surface area contributed by atoms with E-state index in [0.29, 0.717) is 11.1 Å². The van der Waals surface area contributed by atoms with Crippen LogP contribution in [0.3, 0.4) is 0 Å². The molecule has 0 aliphatic rings. The van der Waals surface area contributed by atoms with Crippen LogP contribution in [-0.4, -0.2) is 23.6 Å². The van der Waals surface area contributed by atoms with Gasteiger partial charge in [0.25, 0.3) is 10.0 Å². The largest absolute Gasteiger partial charge is 0.280 e. The zero-order valence-corrected chi connectivity index (χ0v) is 18.2. The van der Waals surface area contributed by atoms with Crippen LogP contribution in [0.25, 0.3) is 42.2 Å². The van der Waals surface area contributed by atoms with E-state index in [1.54, 1.807) is 54.2 Å². The van der Waals surface area contributed by atoms with Gasteiger partial charge in [0, 0.05) is 43.7 Å². The average molecular weight is 457 g/mol. The number of sulfonamides is 1. The number of hydrogen-bond donors (Lipinski definition) is 2. The summed E-state index contributed by atoms with van der Waals surface area (Å²) < 4.78 is 30.6. The zero-order valence-electron chi connectivity index (χ0n) is 16.6. The molecule has 8 heteroatoms. The lowest BCUT2D eigenvalue weighted by atomic mass is 10.1. The van der Waals surface area contributed by atoms with Crippen LogP contribution in [0, 0.1) is 0 Å². The first-order chi connectivity index (χ1) is 15.6. The Morgan fingerprint density at radius 2 is 1.75 bits per heavy atom. The monoisotopic (exact) mass is 456 g/mol. The van der Waals surface area contributed by atoms with Crippen molar-refractivity contribution in [1.29, 1.82) is 0 Å². The van der Waals surface area contributed by atoms with E-state index in [1.165, 1.54) is 4.70 Å². The maximum Gasteiger partial charge on any atom is 0.262 e. The summed E-state index contributed by atoms with van der Waals surface area (Å²) in [5.41, 5.74) is 2.26. The number of aromatic nitrogens is 3. The Bertz CT molecular complexity index is 1700. The molecule has 3 aromatic heterocycles. The Labute approximate surface area is 187 Å². The molecule has 0 spiro atoms. The summed E-state index contributed by atoms with van der Waals surface area (Å²) in [7, 11) is -3.82. The molecule has 0 radical (unpaired) electrons. The number of thiophene rings is 1. The predicted molar refractivity (Wildman–Crippen MR) is 129 cm³/mol. The van der Waals surface area contributed by atoms with Gasteiger partial charge in [-0.3, -0.25) is 14.8 Å². The molecule has 32 heavy (non-hydrogen) atoms. The number of fused-ring (bicyclic) bond motifs is 3. The number of pyridine rings is 1. The van der Waals surface area contributed by atoms with Crippen LogP contribution in [0.4, 0.5) is 5.69 Å². The molecule has 0 bridgehead atoms. The summed E-state index contributed by atoms with van der Waals surface area (Å²) >= 11 is 1.66. The van der Waals surface area contributed by atoms with Crippen molar-refractivity contribution in [3.8, 4) is 10.4 Å². The molecule has 6 nitrogen and oxygen atoms in total. The van der Waals surface area contributed by atoms with Crippen LogP contribution in [0.15, 0.2) is 90.2 Å². The third-order valence-corrected chi connectivity index (χ3v) is 8.01. The number of aromatic amines is 1.